The van der Waals surface area contributed by atoms with Crippen molar-refractivity contribution in [1.29, 1.82) is 0 Å². The molecule has 0 aromatic carbocycles. The summed E-state index contributed by atoms with van der Waals surface area (Å²) in [4.78, 5) is 7.94. The van der Waals surface area contributed by atoms with Crippen LogP contribution in [0.5, 0.6) is 0 Å². The van der Waals surface area contributed by atoms with E-state index in [1.807, 2.05) is 6.07 Å². The van der Waals surface area contributed by atoms with E-state index in [-0.39, 0.29) is 0 Å². The number of aromatic nitrogens is 2. The highest BCUT2D eigenvalue weighted by Gasteiger charge is 2.30. The highest BCUT2D eigenvalue weighted by Crippen LogP contribution is 2.28. The third-order valence-electron chi connectivity index (χ3n) is 4.68. The summed E-state index contributed by atoms with van der Waals surface area (Å²) in [6, 6.07) is 4.31. The maximum atomic E-state index is 12.5. The molecule has 0 amide bonds. The van der Waals surface area contributed by atoms with E-state index in [0.29, 0.717) is 37.3 Å². The normalized spacial score (nSPS) is 12.3. The number of alkyl halides is 3. The Morgan fingerprint density at radius 3 is 2.53 bits per heavy atom. The molecule has 30 heavy (non-hydrogen) atoms. The number of halogens is 3. The molecule has 0 bridgehead atoms. The summed E-state index contributed by atoms with van der Waals surface area (Å²) >= 11 is 0. The Morgan fingerprint density at radius 2 is 1.93 bits per heavy atom. The second-order valence-corrected chi connectivity index (χ2v) is 6.79. The molecule has 0 spiro atoms. The third kappa shape index (κ3) is 7.23. The van der Waals surface area contributed by atoms with Crippen LogP contribution in [0.3, 0.4) is 0 Å². The average Bonchev–Trinajstić information content (AvgIpc) is 3.19. The van der Waals surface area contributed by atoms with Crippen LogP contribution in [0.4, 0.5) is 19.0 Å². The standard InChI is InChI=1S/C20H29F3N6O/c1-4-14(5-2)17-11-16(30-29-17)13-28-19(24-3)26-10-6-9-25-18-8-7-15(12-27-18)20(21,22)23/h7-8,11-12,14H,4-6,9-10,13H2,1-3H3,(H,25,27)(H2,24,26,28). The van der Waals surface area contributed by atoms with Crippen LogP contribution in [0, 0.1) is 0 Å². The van der Waals surface area contributed by atoms with E-state index in [1.165, 1.54) is 6.07 Å². The lowest BCUT2D eigenvalue weighted by molar-refractivity contribution is -0.137. The van der Waals surface area contributed by atoms with Gasteiger partial charge in [0.25, 0.3) is 0 Å². The zero-order chi connectivity index (χ0) is 22.0. The van der Waals surface area contributed by atoms with Gasteiger partial charge < -0.3 is 20.5 Å². The van der Waals surface area contributed by atoms with Gasteiger partial charge in [0.2, 0.25) is 0 Å². The van der Waals surface area contributed by atoms with Crippen molar-refractivity contribution in [1.82, 2.24) is 20.8 Å². The smallest absolute Gasteiger partial charge is 0.370 e. The monoisotopic (exact) mass is 426 g/mol. The van der Waals surface area contributed by atoms with Crippen LogP contribution in [-0.4, -0.2) is 36.2 Å². The second-order valence-electron chi connectivity index (χ2n) is 6.79. The first kappa shape index (κ1) is 23.5. The Hall–Kier alpha value is -2.78. The summed E-state index contributed by atoms with van der Waals surface area (Å²) in [5.74, 6) is 2.19. The number of hydrogen-bond donors (Lipinski definition) is 3. The van der Waals surface area contributed by atoms with Gasteiger partial charge in [0, 0.05) is 38.3 Å². The van der Waals surface area contributed by atoms with Crippen molar-refractivity contribution in [3.8, 4) is 0 Å². The zero-order valence-corrected chi connectivity index (χ0v) is 17.5. The van der Waals surface area contributed by atoms with Gasteiger partial charge in [-0.05, 0) is 31.4 Å². The average molecular weight is 426 g/mol. The van der Waals surface area contributed by atoms with E-state index in [1.54, 1.807) is 7.05 Å². The van der Waals surface area contributed by atoms with Crippen molar-refractivity contribution >= 4 is 11.8 Å². The largest absolute Gasteiger partial charge is 0.417 e. The lowest BCUT2D eigenvalue weighted by Crippen LogP contribution is -2.37. The number of aliphatic imine (C=N–C) groups is 1. The number of pyridine rings is 1. The number of anilines is 1. The molecule has 3 N–H and O–H groups in total. The Kier molecular flexibility index (Phi) is 8.94. The molecule has 0 atom stereocenters. The fourth-order valence-corrected chi connectivity index (χ4v) is 2.88. The van der Waals surface area contributed by atoms with Gasteiger partial charge in [-0.2, -0.15) is 13.2 Å². The number of hydrogen-bond acceptors (Lipinski definition) is 5. The molecule has 2 aromatic rings. The highest BCUT2D eigenvalue weighted by atomic mass is 19.4. The van der Waals surface area contributed by atoms with Gasteiger partial charge in [-0.25, -0.2) is 4.98 Å². The summed E-state index contributed by atoms with van der Waals surface area (Å²) in [5, 5.41) is 13.5. The van der Waals surface area contributed by atoms with Gasteiger partial charge in [-0.3, -0.25) is 4.99 Å². The molecule has 0 saturated heterocycles. The summed E-state index contributed by atoms with van der Waals surface area (Å²) in [6.45, 7) is 5.93. The van der Waals surface area contributed by atoms with Gasteiger partial charge in [0.15, 0.2) is 11.7 Å². The minimum atomic E-state index is -4.38. The molecule has 0 radical (unpaired) electrons. The Labute approximate surface area is 174 Å². The Morgan fingerprint density at radius 1 is 1.17 bits per heavy atom. The predicted octanol–water partition coefficient (Wildman–Crippen LogP) is 4.16. The van der Waals surface area contributed by atoms with Crippen LogP contribution in [0.1, 0.15) is 56.0 Å². The maximum Gasteiger partial charge on any atom is 0.417 e. The van der Waals surface area contributed by atoms with E-state index in [2.05, 4.69) is 44.9 Å². The Balaban J connectivity index is 1.67. The number of guanidine groups is 1. The van der Waals surface area contributed by atoms with Gasteiger partial charge in [0.1, 0.15) is 5.82 Å². The molecule has 0 aliphatic heterocycles. The van der Waals surface area contributed by atoms with Gasteiger partial charge in [-0.15, -0.1) is 0 Å². The van der Waals surface area contributed by atoms with Crippen molar-refractivity contribution in [2.45, 2.75) is 51.7 Å². The molecule has 0 fully saturated rings. The SMILES string of the molecule is CCC(CC)c1cc(CNC(=NC)NCCCNc2ccc(C(F)(F)F)cn2)on1. The van der Waals surface area contributed by atoms with Crippen LogP contribution in [0.25, 0.3) is 0 Å². The third-order valence-corrected chi connectivity index (χ3v) is 4.68. The van der Waals surface area contributed by atoms with E-state index in [9.17, 15) is 13.2 Å². The molecule has 0 aliphatic rings. The maximum absolute atomic E-state index is 12.5. The molecule has 2 rings (SSSR count). The molecule has 0 aliphatic carbocycles. The first-order chi connectivity index (χ1) is 14.4. The molecule has 7 nitrogen and oxygen atoms in total. The van der Waals surface area contributed by atoms with Crippen molar-refractivity contribution in [3.63, 3.8) is 0 Å². The van der Waals surface area contributed by atoms with Crippen LogP contribution in [-0.2, 0) is 12.7 Å². The topological polar surface area (TPSA) is 87.4 Å². The number of rotatable bonds is 10. The Bertz CT molecular complexity index is 785. The first-order valence-electron chi connectivity index (χ1n) is 10.0. The predicted molar refractivity (Wildman–Crippen MR) is 110 cm³/mol. The van der Waals surface area contributed by atoms with E-state index < -0.39 is 11.7 Å². The van der Waals surface area contributed by atoms with Crippen LogP contribution >= 0.6 is 0 Å². The quantitative estimate of drug-likeness (QED) is 0.300. The summed E-state index contributed by atoms with van der Waals surface area (Å²) in [6.07, 6.45) is -0.779. The van der Waals surface area contributed by atoms with E-state index >= 15 is 0 Å². The zero-order valence-electron chi connectivity index (χ0n) is 17.5. The van der Waals surface area contributed by atoms with Crippen molar-refractivity contribution in [3.05, 3.63) is 41.4 Å². The molecule has 10 heteroatoms. The first-order valence-corrected chi connectivity index (χ1v) is 10.0. The minimum absolute atomic E-state index is 0.407. The summed E-state index contributed by atoms with van der Waals surface area (Å²) in [7, 11) is 1.68. The van der Waals surface area contributed by atoms with Crippen molar-refractivity contribution in [2.75, 3.05) is 25.5 Å². The summed E-state index contributed by atoms with van der Waals surface area (Å²) < 4.78 is 43.0. The van der Waals surface area contributed by atoms with Crippen molar-refractivity contribution in [2.24, 2.45) is 4.99 Å². The lowest BCUT2D eigenvalue weighted by Gasteiger charge is -2.11. The number of nitrogens with one attached hydrogen (secondary N) is 3. The molecule has 0 unspecified atom stereocenters. The van der Waals surface area contributed by atoms with Gasteiger partial charge in [-0.1, -0.05) is 19.0 Å². The molecule has 2 aromatic heterocycles. The van der Waals surface area contributed by atoms with Crippen LogP contribution in [0.2, 0.25) is 0 Å². The molecule has 0 saturated carbocycles. The fourth-order valence-electron chi connectivity index (χ4n) is 2.88. The molecule has 166 valence electrons. The highest BCUT2D eigenvalue weighted by molar-refractivity contribution is 5.79. The molecule has 2 heterocycles. The van der Waals surface area contributed by atoms with Crippen LogP contribution < -0.4 is 16.0 Å². The van der Waals surface area contributed by atoms with Crippen molar-refractivity contribution < 1.29 is 17.7 Å². The molecular formula is C20H29F3N6O. The fraction of sp³-hybridized carbons (Fsp3) is 0.550. The lowest BCUT2D eigenvalue weighted by atomic mass is 9.99. The van der Waals surface area contributed by atoms with E-state index in [4.69, 9.17) is 4.52 Å². The minimum Gasteiger partial charge on any atom is -0.370 e. The number of nitrogens with zero attached hydrogens (tertiary/aromatic N) is 3. The molecular weight excluding hydrogens is 397 g/mol. The van der Waals surface area contributed by atoms with Gasteiger partial charge in [0.05, 0.1) is 17.8 Å². The van der Waals surface area contributed by atoms with E-state index in [0.717, 1.165) is 43.0 Å². The second kappa shape index (κ2) is 11.4. The van der Waals surface area contributed by atoms with Crippen LogP contribution in [0.15, 0.2) is 33.9 Å². The summed E-state index contributed by atoms with van der Waals surface area (Å²) in [5.41, 5.74) is 0.214. The van der Waals surface area contributed by atoms with Gasteiger partial charge >= 0.3 is 6.18 Å².